The molecule has 2 unspecified atom stereocenters. The van der Waals surface area contributed by atoms with E-state index in [4.69, 9.17) is 9.84 Å². The molecule has 0 fully saturated rings. The molecule has 3 nitrogen and oxygen atoms in total. The van der Waals surface area contributed by atoms with Crippen LogP contribution in [0.3, 0.4) is 0 Å². The molecule has 126 valence electrons. The summed E-state index contributed by atoms with van der Waals surface area (Å²) in [6, 6.07) is 5.34. The molecule has 0 radical (unpaired) electrons. The number of aryl methyl sites for hydroxylation is 1. The van der Waals surface area contributed by atoms with Crippen molar-refractivity contribution in [3.63, 3.8) is 0 Å². The lowest BCUT2D eigenvalue weighted by Crippen LogP contribution is -2.49. The minimum absolute atomic E-state index is 0.391. The van der Waals surface area contributed by atoms with Gasteiger partial charge in [-0.2, -0.15) is 13.2 Å². The zero-order valence-electron chi connectivity index (χ0n) is 13.1. The number of aliphatic hydroxyl groups excluding tert-OH is 1. The van der Waals surface area contributed by atoms with Gasteiger partial charge in [0.15, 0.2) is 5.60 Å². The number of benzene rings is 1. The first-order valence-corrected chi connectivity index (χ1v) is 7.29. The van der Waals surface area contributed by atoms with Gasteiger partial charge in [-0.25, -0.2) is 0 Å². The Labute approximate surface area is 128 Å². The summed E-state index contributed by atoms with van der Waals surface area (Å²) in [5.41, 5.74) is -1.58. The number of alkyl halides is 3. The van der Waals surface area contributed by atoms with Crippen molar-refractivity contribution in [3.8, 4) is 5.75 Å². The highest BCUT2D eigenvalue weighted by Crippen LogP contribution is 2.42. The van der Waals surface area contributed by atoms with Crippen molar-refractivity contribution in [3.05, 3.63) is 29.3 Å². The van der Waals surface area contributed by atoms with Crippen LogP contribution in [0.15, 0.2) is 18.2 Å². The summed E-state index contributed by atoms with van der Waals surface area (Å²) in [6.45, 7) is 2.32. The Morgan fingerprint density at radius 2 is 1.86 bits per heavy atom. The van der Waals surface area contributed by atoms with Crippen molar-refractivity contribution >= 4 is 0 Å². The molecule has 0 saturated heterocycles. The molecule has 6 heteroatoms. The number of para-hydroxylation sites is 1. The standard InChI is InChI=1S/C16H23F3O3/c1-4-11-7-6-8-13(14(11)22-3)12(5-2)9-15(21,10-20)16(17,18)19/h6-8,12,20-21H,4-5,9-10H2,1-3H3. The molecular formula is C16H23F3O3. The van der Waals surface area contributed by atoms with Crippen LogP contribution in [0.25, 0.3) is 0 Å². The molecule has 0 saturated carbocycles. The van der Waals surface area contributed by atoms with Crippen LogP contribution in [0.2, 0.25) is 0 Å². The van der Waals surface area contributed by atoms with Crippen LogP contribution in [0, 0.1) is 0 Å². The molecule has 0 spiro atoms. The van der Waals surface area contributed by atoms with Gasteiger partial charge in [0, 0.05) is 0 Å². The summed E-state index contributed by atoms with van der Waals surface area (Å²) in [5, 5.41) is 18.8. The predicted molar refractivity (Wildman–Crippen MR) is 78.1 cm³/mol. The number of hydrogen-bond donors (Lipinski definition) is 2. The molecule has 0 aromatic heterocycles. The predicted octanol–water partition coefficient (Wildman–Crippen LogP) is 3.43. The maximum atomic E-state index is 13.0. The number of hydrogen-bond acceptors (Lipinski definition) is 3. The Morgan fingerprint density at radius 1 is 1.23 bits per heavy atom. The maximum Gasteiger partial charge on any atom is 0.419 e. The fourth-order valence-electron chi connectivity index (χ4n) is 2.61. The molecular weight excluding hydrogens is 297 g/mol. The molecule has 1 aromatic carbocycles. The SMILES string of the molecule is CCc1cccc(C(CC)CC(O)(CO)C(F)(F)F)c1OC. The molecule has 0 bridgehead atoms. The normalized spacial score (nSPS) is 16.2. The van der Waals surface area contributed by atoms with Gasteiger partial charge in [-0.05, 0) is 36.3 Å². The van der Waals surface area contributed by atoms with Crippen LogP contribution in [-0.2, 0) is 6.42 Å². The lowest BCUT2D eigenvalue weighted by atomic mass is 9.83. The van der Waals surface area contributed by atoms with Crippen LogP contribution in [-0.4, -0.2) is 35.7 Å². The highest BCUT2D eigenvalue weighted by Gasteiger charge is 2.54. The third-order valence-electron chi connectivity index (χ3n) is 4.02. The van der Waals surface area contributed by atoms with Gasteiger partial charge in [-0.3, -0.25) is 0 Å². The van der Waals surface area contributed by atoms with Crippen molar-refractivity contribution in [2.75, 3.05) is 13.7 Å². The fraction of sp³-hybridized carbons (Fsp3) is 0.625. The van der Waals surface area contributed by atoms with Crippen molar-refractivity contribution in [1.29, 1.82) is 0 Å². The summed E-state index contributed by atoms with van der Waals surface area (Å²) in [7, 11) is 1.48. The molecule has 2 N–H and O–H groups in total. The van der Waals surface area contributed by atoms with Gasteiger partial charge in [-0.1, -0.05) is 32.0 Å². The van der Waals surface area contributed by atoms with E-state index < -0.39 is 30.7 Å². The van der Waals surface area contributed by atoms with E-state index >= 15 is 0 Å². The highest BCUT2D eigenvalue weighted by atomic mass is 19.4. The molecule has 0 heterocycles. The average Bonchev–Trinajstić information content (AvgIpc) is 2.50. The monoisotopic (exact) mass is 320 g/mol. The zero-order valence-corrected chi connectivity index (χ0v) is 13.1. The molecule has 0 aliphatic rings. The second-order valence-electron chi connectivity index (χ2n) is 5.39. The van der Waals surface area contributed by atoms with Gasteiger partial charge >= 0.3 is 6.18 Å². The third kappa shape index (κ3) is 3.73. The topological polar surface area (TPSA) is 49.7 Å². The summed E-state index contributed by atoms with van der Waals surface area (Å²) < 4.78 is 44.4. The van der Waals surface area contributed by atoms with E-state index in [2.05, 4.69) is 0 Å². The highest BCUT2D eigenvalue weighted by molar-refractivity contribution is 5.43. The molecule has 1 aromatic rings. The Morgan fingerprint density at radius 3 is 2.27 bits per heavy atom. The smallest absolute Gasteiger partial charge is 0.419 e. The number of methoxy groups -OCH3 is 1. The van der Waals surface area contributed by atoms with E-state index in [0.717, 1.165) is 5.56 Å². The summed E-state index contributed by atoms with van der Waals surface area (Å²) in [6.07, 6.45) is -4.41. The first-order chi connectivity index (χ1) is 10.2. The van der Waals surface area contributed by atoms with Crippen LogP contribution in [0.5, 0.6) is 5.75 Å². The Bertz CT molecular complexity index is 488. The average molecular weight is 320 g/mol. The van der Waals surface area contributed by atoms with E-state index in [0.29, 0.717) is 24.2 Å². The number of rotatable bonds is 7. The minimum Gasteiger partial charge on any atom is -0.496 e. The summed E-state index contributed by atoms with van der Waals surface area (Å²) in [5.74, 6) is -0.0143. The molecule has 0 amide bonds. The maximum absolute atomic E-state index is 13.0. The van der Waals surface area contributed by atoms with Gasteiger partial charge in [0.2, 0.25) is 0 Å². The molecule has 0 aliphatic carbocycles. The van der Waals surface area contributed by atoms with Gasteiger partial charge < -0.3 is 14.9 Å². The quantitative estimate of drug-likeness (QED) is 0.809. The van der Waals surface area contributed by atoms with Crippen LogP contribution >= 0.6 is 0 Å². The van der Waals surface area contributed by atoms with Crippen LogP contribution < -0.4 is 4.74 Å². The van der Waals surface area contributed by atoms with Crippen molar-refractivity contribution in [2.24, 2.45) is 0 Å². The van der Waals surface area contributed by atoms with Gasteiger partial charge in [0.1, 0.15) is 5.75 Å². The number of ether oxygens (including phenoxy) is 1. The van der Waals surface area contributed by atoms with Gasteiger partial charge in [-0.15, -0.1) is 0 Å². The van der Waals surface area contributed by atoms with E-state index in [1.807, 2.05) is 13.0 Å². The molecule has 0 aliphatic heterocycles. The summed E-state index contributed by atoms with van der Waals surface area (Å²) in [4.78, 5) is 0. The largest absolute Gasteiger partial charge is 0.496 e. The molecule has 22 heavy (non-hydrogen) atoms. The van der Waals surface area contributed by atoms with E-state index in [-0.39, 0.29) is 0 Å². The van der Waals surface area contributed by atoms with E-state index in [9.17, 15) is 18.3 Å². The Kier molecular flexibility index (Phi) is 6.26. The van der Waals surface area contributed by atoms with Crippen LogP contribution in [0.1, 0.15) is 43.7 Å². The van der Waals surface area contributed by atoms with Crippen molar-refractivity contribution in [1.82, 2.24) is 0 Å². The lowest BCUT2D eigenvalue weighted by Gasteiger charge is -2.32. The van der Waals surface area contributed by atoms with E-state index in [1.54, 1.807) is 19.1 Å². The number of halogens is 3. The summed E-state index contributed by atoms with van der Waals surface area (Å²) >= 11 is 0. The Balaban J connectivity index is 3.22. The minimum atomic E-state index is -4.88. The van der Waals surface area contributed by atoms with Crippen LogP contribution in [0.4, 0.5) is 13.2 Å². The van der Waals surface area contributed by atoms with Gasteiger partial charge in [0.05, 0.1) is 13.7 Å². The van der Waals surface area contributed by atoms with Crippen molar-refractivity contribution in [2.45, 2.75) is 50.8 Å². The first kappa shape index (κ1) is 18.8. The fourth-order valence-corrected chi connectivity index (χ4v) is 2.61. The molecule has 1 rings (SSSR count). The second kappa shape index (κ2) is 7.33. The third-order valence-corrected chi connectivity index (χ3v) is 4.02. The second-order valence-corrected chi connectivity index (χ2v) is 5.39. The first-order valence-electron chi connectivity index (χ1n) is 7.29. The Hall–Kier alpha value is -1.27. The number of aliphatic hydroxyl groups is 2. The molecule has 2 atom stereocenters. The zero-order chi connectivity index (χ0) is 17.0. The van der Waals surface area contributed by atoms with E-state index in [1.165, 1.54) is 7.11 Å². The van der Waals surface area contributed by atoms with Gasteiger partial charge in [0.25, 0.3) is 0 Å². The van der Waals surface area contributed by atoms with Crippen molar-refractivity contribution < 1.29 is 28.1 Å². The lowest BCUT2D eigenvalue weighted by molar-refractivity contribution is -0.274.